The third-order valence-corrected chi connectivity index (χ3v) is 1.66. The van der Waals surface area contributed by atoms with E-state index in [0.29, 0.717) is 0 Å². The predicted molar refractivity (Wildman–Crippen MR) is 50.0 cm³/mol. The van der Waals surface area contributed by atoms with Crippen molar-refractivity contribution in [1.29, 1.82) is 0 Å². The van der Waals surface area contributed by atoms with Crippen LogP contribution in [0.1, 0.15) is 11.1 Å². The maximum atomic E-state index is 10.8. The van der Waals surface area contributed by atoms with Gasteiger partial charge in [-0.2, -0.15) is 0 Å². The van der Waals surface area contributed by atoms with Crippen molar-refractivity contribution in [3.63, 3.8) is 0 Å². The van der Waals surface area contributed by atoms with Crippen molar-refractivity contribution in [2.75, 3.05) is 7.11 Å². The molecular formula is C10H11NO2. The molecule has 0 aliphatic heterocycles. The van der Waals surface area contributed by atoms with Gasteiger partial charge in [-0.25, -0.2) is 4.79 Å². The van der Waals surface area contributed by atoms with Gasteiger partial charge in [0, 0.05) is 18.5 Å². The number of esters is 1. The molecule has 13 heavy (non-hydrogen) atoms. The van der Waals surface area contributed by atoms with E-state index in [-0.39, 0.29) is 5.97 Å². The molecule has 0 atom stereocenters. The van der Waals surface area contributed by atoms with Crippen LogP contribution in [0.5, 0.6) is 0 Å². The molecule has 0 N–H and O–H groups in total. The molecule has 1 rings (SSSR count). The van der Waals surface area contributed by atoms with E-state index in [1.54, 1.807) is 18.5 Å². The van der Waals surface area contributed by atoms with Gasteiger partial charge in [0.05, 0.1) is 7.11 Å². The second-order valence-corrected chi connectivity index (χ2v) is 2.59. The van der Waals surface area contributed by atoms with Gasteiger partial charge in [-0.15, -0.1) is 0 Å². The summed E-state index contributed by atoms with van der Waals surface area (Å²) in [5.74, 6) is -0.351. The Labute approximate surface area is 77.1 Å². The maximum absolute atomic E-state index is 10.8. The second kappa shape index (κ2) is 4.40. The Bertz CT molecular complexity index is 331. The van der Waals surface area contributed by atoms with Gasteiger partial charge in [-0.1, -0.05) is 0 Å². The molecule has 3 heteroatoms. The Morgan fingerprint density at radius 3 is 3.00 bits per heavy atom. The molecular weight excluding hydrogens is 166 g/mol. The third-order valence-electron chi connectivity index (χ3n) is 1.66. The third kappa shape index (κ3) is 2.71. The van der Waals surface area contributed by atoms with E-state index in [4.69, 9.17) is 0 Å². The largest absolute Gasteiger partial charge is 0.466 e. The number of carbonyl (C=O) groups is 1. The lowest BCUT2D eigenvalue weighted by atomic mass is 10.1. The Kier molecular flexibility index (Phi) is 3.20. The van der Waals surface area contributed by atoms with Crippen LogP contribution in [0.15, 0.2) is 24.5 Å². The summed E-state index contributed by atoms with van der Waals surface area (Å²) >= 11 is 0. The van der Waals surface area contributed by atoms with Crippen LogP contribution in [0.4, 0.5) is 0 Å². The first-order chi connectivity index (χ1) is 6.24. The van der Waals surface area contributed by atoms with Crippen LogP contribution in [0.2, 0.25) is 0 Å². The molecule has 0 fully saturated rings. The fraction of sp³-hybridized carbons (Fsp3) is 0.200. The minimum atomic E-state index is -0.351. The fourth-order valence-electron chi connectivity index (χ4n) is 0.897. The first-order valence-electron chi connectivity index (χ1n) is 3.90. The summed E-state index contributed by atoms with van der Waals surface area (Å²) in [4.78, 5) is 14.7. The van der Waals surface area contributed by atoms with E-state index >= 15 is 0 Å². The molecule has 0 saturated carbocycles. The molecule has 3 nitrogen and oxygen atoms in total. The number of nitrogens with zero attached hydrogens (tertiary/aromatic N) is 1. The highest BCUT2D eigenvalue weighted by Crippen LogP contribution is 2.06. The van der Waals surface area contributed by atoms with Gasteiger partial charge in [0.2, 0.25) is 0 Å². The van der Waals surface area contributed by atoms with E-state index in [1.165, 1.54) is 13.2 Å². The van der Waals surface area contributed by atoms with Gasteiger partial charge in [0.1, 0.15) is 0 Å². The highest BCUT2D eigenvalue weighted by molar-refractivity contribution is 5.87. The quantitative estimate of drug-likeness (QED) is 0.508. The molecule has 1 aromatic rings. The lowest BCUT2D eigenvalue weighted by Crippen LogP contribution is -1.93. The summed E-state index contributed by atoms with van der Waals surface area (Å²) in [5.41, 5.74) is 2.00. The molecule has 68 valence electrons. The topological polar surface area (TPSA) is 39.2 Å². The number of hydrogen-bond acceptors (Lipinski definition) is 3. The summed E-state index contributed by atoms with van der Waals surface area (Å²) in [5, 5.41) is 0. The van der Waals surface area contributed by atoms with Crippen molar-refractivity contribution in [3.8, 4) is 0 Å². The van der Waals surface area contributed by atoms with Gasteiger partial charge in [-0.3, -0.25) is 4.98 Å². The van der Waals surface area contributed by atoms with E-state index in [2.05, 4.69) is 9.72 Å². The zero-order valence-corrected chi connectivity index (χ0v) is 7.65. The first-order valence-corrected chi connectivity index (χ1v) is 3.90. The Morgan fingerprint density at radius 1 is 1.62 bits per heavy atom. The van der Waals surface area contributed by atoms with Crippen molar-refractivity contribution in [2.24, 2.45) is 0 Å². The summed E-state index contributed by atoms with van der Waals surface area (Å²) in [6.45, 7) is 1.93. The van der Waals surface area contributed by atoms with Gasteiger partial charge < -0.3 is 4.74 Å². The highest BCUT2D eigenvalue weighted by atomic mass is 16.5. The lowest BCUT2D eigenvalue weighted by molar-refractivity contribution is -0.134. The molecule has 0 aliphatic carbocycles. The normalized spacial score (nSPS) is 10.3. The number of methoxy groups -OCH3 is 1. The number of pyridine rings is 1. The second-order valence-electron chi connectivity index (χ2n) is 2.59. The van der Waals surface area contributed by atoms with E-state index < -0.39 is 0 Å². The standard InChI is InChI=1S/C10H11NO2/c1-8-7-11-6-5-9(8)3-4-10(12)13-2/h3-7H,1-2H3/b4-3+. The SMILES string of the molecule is COC(=O)/C=C/c1ccncc1C. The van der Waals surface area contributed by atoms with Crippen molar-refractivity contribution < 1.29 is 9.53 Å². The van der Waals surface area contributed by atoms with Crippen LogP contribution in [-0.4, -0.2) is 18.1 Å². The maximum Gasteiger partial charge on any atom is 0.330 e. The first kappa shape index (κ1) is 9.45. The number of rotatable bonds is 2. The molecule has 0 radical (unpaired) electrons. The molecule has 1 heterocycles. The van der Waals surface area contributed by atoms with Crippen molar-refractivity contribution in [3.05, 3.63) is 35.7 Å². The average Bonchev–Trinajstić information content (AvgIpc) is 2.16. The monoisotopic (exact) mass is 177 g/mol. The van der Waals surface area contributed by atoms with Gasteiger partial charge in [0.25, 0.3) is 0 Å². The van der Waals surface area contributed by atoms with Crippen LogP contribution < -0.4 is 0 Å². The highest BCUT2D eigenvalue weighted by Gasteiger charge is 1.94. The lowest BCUT2D eigenvalue weighted by Gasteiger charge is -1.96. The number of ether oxygens (including phenoxy) is 1. The minimum Gasteiger partial charge on any atom is -0.466 e. The van der Waals surface area contributed by atoms with E-state index in [1.807, 2.05) is 13.0 Å². The van der Waals surface area contributed by atoms with Crippen LogP contribution >= 0.6 is 0 Å². The molecule has 1 aromatic heterocycles. The van der Waals surface area contributed by atoms with Crippen molar-refractivity contribution in [1.82, 2.24) is 4.98 Å². The molecule has 0 spiro atoms. The van der Waals surface area contributed by atoms with Gasteiger partial charge in [0.15, 0.2) is 0 Å². The van der Waals surface area contributed by atoms with Crippen molar-refractivity contribution in [2.45, 2.75) is 6.92 Å². The van der Waals surface area contributed by atoms with Crippen molar-refractivity contribution >= 4 is 12.0 Å². The summed E-state index contributed by atoms with van der Waals surface area (Å²) in [7, 11) is 1.35. The fourth-order valence-corrected chi connectivity index (χ4v) is 0.897. The summed E-state index contributed by atoms with van der Waals surface area (Å²) in [6.07, 6.45) is 6.53. The zero-order valence-electron chi connectivity index (χ0n) is 7.65. The zero-order chi connectivity index (χ0) is 9.68. The summed E-state index contributed by atoms with van der Waals surface area (Å²) in [6, 6.07) is 1.84. The Balaban J connectivity index is 2.80. The smallest absolute Gasteiger partial charge is 0.330 e. The van der Waals surface area contributed by atoms with Gasteiger partial charge >= 0.3 is 5.97 Å². The number of aromatic nitrogens is 1. The number of hydrogen-bond donors (Lipinski definition) is 0. The molecule has 0 bridgehead atoms. The molecule has 0 saturated heterocycles. The minimum absolute atomic E-state index is 0.351. The number of carbonyl (C=O) groups excluding carboxylic acids is 1. The number of aryl methyl sites for hydroxylation is 1. The summed E-state index contributed by atoms with van der Waals surface area (Å²) < 4.78 is 4.47. The van der Waals surface area contributed by atoms with Crippen LogP contribution in [0, 0.1) is 6.92 Å². The van der Waals surface area contributed by atoms with Crippen LogP contribution in [0.3, 0.4) is 0 Å². The van der Waals surface area contributed by atoms with Gasteiger partial charge in [-0.05, 0) is 30.2 Å². The molecule has 0 unspecified atom stereocenters. The van der Waals surface area contributed by atoms with Crippen LogP contribution in [-0.2, 0) is 9.53 Å². The molecule has 0 aromatic carbocycles. The molecule has 0 aliphatic rings. The van der Waals surface area contributed by atoms with Crippen LogP contribution in [0.25, 0.3) is 6.08 Å². The van der Waals surface area contributed by atoms with E-state index in [0.717, 1.165) is 11.1 Å². The molecule has 0 amide bonds. The Morgan fingerprint density at radius 2 is 2.38 bits per heavy atom. The Hall–Kier alpha value is -1.64. The average molecular weight is 177 g/mol. The van der Waals surface area contributed by atoms with E-state index in [9.17, 15) is 4.79 Å². The predicted octanol–water partition coefficient (Wildman–Crippen LogP) is 1.58.